The first-order chi connectivity index (χ1) is 7.11. The first-order valence-corrected chi connectivity index (χ1v) is 5.02. The maximum Gasteiger partial charge on any atom is 0.266 e. The Kier molecular flexibility index (Phi) is 4.88. The molecule has 1 aromatic rings. The number of nitrogens with zero attached hydrogens (tertiary/aromatic N) is 1. The summed E-state index contributed by atoms with van der Waals surface area (Å²) in [6.07, 6.45) is 0.853. The monoisotopic (exact) mass is 265 g/mol. The average Bonchev–Trinajstić information content (AvgIpc) is 2.15. The zero-order valence-electron chi connectivity index (χ0n) is 7.41. The van der Waals surface area contributed by atoms with Crippen molar-refractivity contribution >= 4 is 46.3 Å². The predicted octanol–water partition coefficient (Wildman–Crippen LogP) is 3.26. The number of hydrogen-bond donors (Lipinski definition) is 0. The Balaban J connectivity index is 2.61. The van der Waals surface area contributed by atoms with Crippen LogP contribution in [-0.2, 0) is 16.2 Å². The molecule has 15 heavy (non-hydrogen) atoms. The summed E-state index contributed by atoms with van der Waals surface area (Å²) in [6.45, 7) is 0.0825. The fourth-order valence-corrected chi connectivity index (χ4v) is 1.40. The maximum absolute atomic E-state index is 10.3. The van der Waals surface area contributed by atoms with E-state index >= 15 is 0 Å². The Labute approximate surface area is 102 Å². The molecule has 0 N–H and O–H groups in total. The van der Waals surface area contributed by atoms with Gasteiger partial charge >= 0.3 is 0 Å². The lowest BCUT2D eigenvalue weighted by Crippen LogP contribution is -1.92. The number of halogens is 3. The highest BCUT2D eigenvalue weighted by Gasteiger charge is 2.05. The van der Waals surface area contributed by atoms with Crippen molar-refractivity contribution < 1.29 is 9.63 Å². The van der Waals surface area contributed by atoms with E-state index in [-0.39, 0.29) is 6.61 Å². The third-order valence-corrected chi connectivity index (χ3v) is 2.31. The molecule has 0 aliphatic rings. The van der Waals surface area contributed by atoms with Crippen molar-refractivity contribution in [2.24, 2.45) is 5.16 Å². The number of carbonyl (C=O) groups excluding carboxylic acids is 1. The molecule has 0 aliphatic carbocycles. The molecule has 80 valence electrons. The fourth-order valence-electron chi connectivity index (χ4n) is 0.851. The lowest BCUT2D eigenvalue weighted by molar-refractivity contribution is -0.106. The summed E-state index contributed by atoms with van der Waals surface area (Å²) in [5.74, 6) is 0. The van der Waals surface area contributed by atoms with E-state index in [1.807, 2.05) is 0 Å². The van der Waals surface area contributed by atoms with Crippen LogP contribution in [0.3, 0.4) is 0 Å². The van der Waals surface area contributed by atoms with Gasteiger partial charge in [0.05, 0.1) is 0 Å². The summed E-state index contributed by atoms with van der Waals surface area (Å²) in [7, 11) is 0. The number of oxime groups is 1. The quantitative estimate of drug-likeness (QED) is 0.477. The second-order valence-electron chi connectivity index (χ2n) is 2.51. The Morgan fingerprint density at radius 2 is 2.00 bits per heavy atom. The van der Waals surface area contributed by atoms with Crippen LogP contribution in [0.25, 0.3) is 0 Å². The molecule has 0 amide bonds. The highest BCUT2D eigenvalue weighted by atomic mass is 35.5. The smallest absolute Gasteiger partial charge is 0.266 e. The first kappa shape index (κ1) is 12.3. The lowest BCUT2D eigenvalue weighted by Gasteiger charge is -2.04. The van der Waals surface area contributed by atoms with Crippen molar-refractivity contribution in [2.75, 3.05) is 0 Å². The summed E-state index contributed by atoms with van der Waals surface area (Å²) in [6, 6.07) is 5.09. The topological polar surface area (TPSA) is 38.7 Å². The van der Waals surface area contributed by atoms with Gasteiger partial charge in [0.1, 0.15) is 12.8 Å². The fraction of sp³-hybridized carbons (Fsp3) is 0.111. The summed E-state index contributed by atoms with van der Waals surface area (Å²) < 4.78 is 0. The molecule has 0 unspecified atom stereocenters. The molecular formula is C9H6Cl3NO2. The molecule has 1 aromatic carbocycles. The molecule has 1 rings (SSSR count). The van der Waals surface area contributed by atoms with Gasteiger partial charge in [-0.3, -0.25) is 4.79 Å². The number of rotatable bonds is 4. The maximum atomic E-state index is 10.3. The molecule has 3 nitrogen and oxygen atoms in total. The zero-order chi connectivity index (χ0) is 11.3. The molecule has 0 aliphatic heterocycles. The van der Waals surface area contributed by atoms with Crippen LogP contribution in [0.1, 0.15) is 5.56 Å². The molecule has 6 heteroatoms. The minimum Gasteiger partial charge on any atom is -0.391 e. The highest BCUT2D eigenvalue weighted by molar-refractivity contribution is 6.77. The normalized spacial score (nSPS) is 10.6. The molecule has 0 bridgehead atoms. The van der Waals surface area contributed by atoms with E-state index in [1.54, 1.807) is 18.2 Å². The summed E-state index contributed by atoms with van der Waals surface area (Å²) in [5.41, 5.74) is 0.611. The molecule has 0 spiro atoms. The van der Waals surface area contributed by atoms with Gasteiger partial charge in [-0.25, -0.2) is 0 Å². The molecule has 0 atom stereocenters. The largest absolute Gasteiger partial charge is 0.391 e. The molecule has 0 saturated heterocycles. The van der Waals surface area contributed by atoms with Crippen LogP contribution in [0.4, 0.5) is 0 Å². The molecule has 0 heterocycles. The third-order valence-electron chi connectivity index (χ3n) is 1.50. The Hall–Kier alpha value is -0.770. The minimum atomic E-state index is -0.708. The number of carbonyl (C=O) groups is 1. The number of hydrogen-bond acceptors (Lipinski definition) is 3. The predicted molar refractivity (Wildman–Crippen MR) is 60.6 cm³/mol. The van der Waals surface area contributed by atoms with Crippen LogP contribution >= 0.6 is 34.8 Å². The zero-order valence-corrected chi connectivity index (χ0v) is 9.68. The van der Waals surface area contributed by atoms with Crippen LogP contribution < -0.4 is 0 Å². The van der Waals surface area contributed by atoms with Gasteiger partial charge in [-0.05, 0) is 23.7 Å². The third kappa shape index (κ3) is 4.08. The number of benzene rings is 1. The first-order valence-electron chi connectivity index (χ1n) is 3.89. The van der Waals surface area contributed by atoms with Gasteiger partial charge < -0.3 is 4.84 Å². The summed E-state index contributed by atoms with van der Waals surface area (Å²) in [5, 5.41) is 3.58. The molecule has 0 radical (unpaired) electrons. The second-order valence-corrected chi connectivity index (χ2v) is 3.70. The highest BCUT2D eigenvalue weighted by Crippen LogP contribution is 2.24. The lowest BCUT2D eigenvalue weighted by atomic mass is 10.2. The van der Waals surface area contributed by atoms with E-state index < -0.39 is 5.24 Å². The van der Waals surface area contributed by atoms with E-state index in [4.69, 9.17) is 39.6 Å². The molecule has 0 fully saturated rings. The van der Waals surface area contributed by atoms with Gasteiger partial charge in [-0.2, -0.15) is 0 Å². The van der Waals surface area contributed by atoms with Crippen LogP contribution in [0, 0.1) is 0 Å². The van der Waals surface area contributed by atoms with Gasteiger partial charge in [-0.15, -0.1) is 0 Å². The van der Waals surface area contributed by atoms with Crippen molar-refractivity contribution in [2.45, 2.75) is 6.61 Å². The molecule has 0 aromatic heterocycles. The van der Waals surface area contributed by atoms with E-state index in [2.05, 4.69) is 5.16 Å². The van der Waals surface area contributed by atoms with Crippen molar-refractivity contribution in [1.29, 1.82) is 0 Å². The van der Waals surface area contributed by atoms with Crippen molar-refractivity contribution in [1.82, 2.24) is 0 Å². The molecular weight excluding hydrogens is 260 g/mol. The van der Waals surface area contributed by atoms with Crippen molar-refractivity contribution in [3.63, 3.8) is 0 Å². The van der Waals surface area contributed by atoms with Gasteiger partial charge in [0.15, 0.2) is 0 Å². The van der Waals surface area contributed by atoms with Gasteiger partial charge in [0, 0.05) is 15.6 Å². The van der Waals surface area contributed by atoms with E-state index in [0.717, 1.165) is 6.21 Å². The Bertz CT molecular complexity index is 373. The summed E-state index contributed by atoms with van der Waals surface area (Å²) >= 11 is 16.7. The van der Waals surface area contributed by atoms with Crippen LogP contribution in [0.15, 0.2) is 23.4 Å². The van der Waals surface area contributed by atoms with Crippen molar-refractivity contribution in [3.05, 3.63) is 33.8 Å². The van der Waals surface area contributed by atoms with Crippen molar-refractivity contribution in [3.8, 4) is 0 Å². The standard InChI is InChI=1S/C9H6Cl3NO2/c10-7-2-1-3-8(11)6(7)5-15-13-4-9(12)14/h1-4H,5H2. The van der Waals surface area contributed by atoms with Gasteiger partial charge in [0.25, 0.3) is 5.24 Å². The van der Waals surface area contributed by atoms with Gasteiger partial charge in [-0.1, -0.05) is 34.4 Å². The van der Waals surface area contributed by atoms with Crippen LogP contribution in [0.2, 0.25) is 10.0 Å². The Morgan fingerprint density at radius 3 is 2.53 bits per heavy atom. The van der Waals surface area contributed by atoms with Crippen LogP contribution in [-0.4, -0.2) is 11.5 Å². The Morgan fingerprint density at radius 1 is 1.40 bits per heavy atom. The van der Waals surface area contributed by atoms with Crippen LogP contribution in [0.5, 0.6) is 0 Å². The van der Waals surface area contributed by atoms with E-state index in [1.165, 1.54) is 0 Å². The second kappa shape index (κ2) is 5.95. The van der Waals surface area contributed by atoms with Gasteiger partial charge in [0.2, 0.25) is 0 Å². The minimum absolute atomic E-state index is 0.0825. The van der Waals surface area contributed by atoms with E-state index in [0.29, 0.717) is 15.6 Å². The molecule has 0 saturated carbocycles. The summed E-state index contributed by atoms with van der Waals surface area (Å²) in [4.78, 5) is 15.1. The van der Waals surface area contributed by atoms with E-state index in [9.17, 15) is 4.79 Å². The average molecular weight is 267 g/mol. The SMILES string of the molecule is O=C(Cl)C=NOCc1c(Cl)cccc1Cl.